The fraction of sp³-hybridized carbons (Fsp3) is 0.0270. The molecule has 356 valence electrons. The summed E-state index contributed by atoms with van der Waals surface area (Å²) < 4.78 is 0. The monoisotopic (exact) mass is 966 g/mol. The van der Waals surface area contributed by atoms with E-state index < -0.39 is 10.8 Å². The molecule has 2 spiro atoms. The minimum Gasteiger partial charge on any atom is -0.311 e. The molecular formula is C74H50N2. The molecule has 0 unspecified atom stereocenters. The molecule has 0 heterocycles. The van der Waals surface area contributed by atoms with E-state index in [9.17, 15) is 0 Å². The smallest absolute Gasteiger partial charge is 0.0720 e. The van der Waals surface area contributed by atoms with Crippen LogP contribution in [0.3, 0.4) is 0 Å². The van der Waals surface area contributed by atoms with Crippen molar-refractivity contribution >= 4 is 34.1 Å². The van der Waals surface area contributed by atoms with E-state index in [0.717, 1.165) is 56.4 Å². The maximum atomic E-state index is 2.59. The van der Waals surface area contributed by atoms with E-state index in [1.54, 1.807) is 0 Å². The Bertz CT molecular complexity index is 3990. The van der Waals surface area contributed by atoms with E-state index in [-0.39, 0.29) is 0 Å². The number of nitrogens with zero attached hydrogens (tertiary/aromatic N) is 2. The lowest BCUT2D eigenvalue weighted by Crippen LogP contribution is -2.43. The first-order valence-corrected chi connectivity index (χ1v) is 26.4. The van der Waals surface area contributed by atoms with Gasteiger partial charge in [-0.05, 0) is 168 Å². The van der Waals surface area contributed by atoms with Gasteiger partial charge in [0.1, 0.15) is 0 Å². The van der Waals surface area contributed by atoms with Gasteiger partial charge in [-0.3, -0.25) is 0 Å². The van der Waals surface area contributed by atoms with Crippen molar-refractivity contribution in [1.29, 1.82) is 0 Å². The normalized spacial score (nSPS) is 13.5. The fourth-order valence-corrected chi connectivity index (χ4v) is 13.6. The minimum absolute atomic E-state index is 0.573. The first-order chi connectivity index (χ1) is 37.7. The molecule has 0 aromatic heterocycles. The van der Waals surface area contributed by atoms with Gasteiger partial charge in [-0.1, -0.05) is 224 Å². The van der Waals surface area contributed by atoms with Crippen LogP contribution < -0.4 is 9.80 Å². The highest BCUT2D eigenvalue weighted by Gasteiger charge is 2.59. The van der Waals surface area contributed by atoms with Crippen LogP contribution in [-0.2, 0) is 10.8 Å². The summed E-state index contributed by atoms with van der Waals surface area (Å²) in [5.74, 6) is 0. The summed E-state index contributed by atoms with van der Waals surface area (Å²) in [5.41, 5.74) is 25.8. The molecule has 0 amide bonds. The summed E-state index contributed by atoms with van der Waals surface area (Å²) in [7, 11) is 0. The first kappa shape index (κ1) is 43.8. The van der Waals surface area contributed by atoms with Crippen LogP contribution in [0.1, 0.15) is 44.5 Å². The molecule has 0 bridgehead atoms. The summed E-state index contributed by atoms with van der Waals surface area (Å²) in [6, 6.07) is 113. The quantitative estimate of drug-likeness (QED) is 0.150. The Labute approximate surface area is 444 Å². The van der Waals surface area contributed by atoms with Gasteiger partial charge in [0.25, 0.3) is 0 Å². The van der Waals surface area contributed by atoms with Gasteiger partial charge in [-0.15, -0.1) is 0 Å². The standard InChI is InChI=1S/C74H50N2/c1-5-23-53(24-6-1)75(54-25-7-2-8-26-54)57-44-41-51(42-45-57)59-47-46-58(76(55-27-9-3-10-28-55)56-29-11-4-12-30-56)50-64(59)52-43-48-71-72(49-52)74(67-37-19-15-33-62(67)63-34-16-20-38-68(63)74)70-40-22-21-39-69(70)73(71)65-35-17-13-31-60(65)61-32-14-18-36-66(61)73/h1-50H. The van der Waals surface area contributed by atoms with Crippen LogP contribution in [0.25, 0.3) is 44.5 Å². The van der Waals surface area contributed by atoms with Crippen LogP contribution in [0.5, 0.6) is 0 Å². The molecule has 0 saturated heterocycles. The van der Waals surface area contributed by atoms with E-state index >= 15 is 0 Å². The number of anilines is 6. The van der Waals surface area contributed by atoms with E-state index in [4.69, 9.17) is 0 Å². The fourth-order valence-electron chi connectivity index (χ4n) is 13.6. The number of rotatable bonds is 8. The van der Waals surface area contributed by atoms with E-state index in [2.05, 4.69) is 313 Å². The number of fused-ring (bicyclic) bond motifs is 16. The molecular weight excluding hydrogens is 917 g/mol. The summed E-state index contributed by atoms with van der Waals surface area (Å²) in [6.45, 7) is 0. The Morgan fingerprint density at radius 3 is 0.895 bits per heavy atom. The van der Waals surface area contributed by atoms with Gasteiger partial charge in [0.2, 0.25) is 0 Å². The van der Waals surface area contributed by atoms with E-state index in [1.165, 1.54) is 66.8 Å². The number of para-hydroxylation sites is 4. The second-order valence-corrected chi connectivity index (χ2v) is 20.3. The predicted molar refractivity (Wildman–Crippen MR) is 315 cm³/mol. The molecule has 2 nitrogen and oxygen atoms in total. The van der Waals surface area contributed by atoms with Crippen molar-refractivity contribution in [3.05, 3.63) is 348 Å². The number of hydrogen-bond donors (Lipinski definition) is 0. The average Bonchev–Trinajstić information content (AvgIpc) is 3.98. The Morgan fingerprint density at radius 2 is 0.474 bits per heavy atom. The number of hydrogen-bond acceptors (Lipinski definition) is 2. The Balaban J connectivity index is 1.02. The molecule has 3 aliphatic rings. The van der Waals surface area contributed by atoms with Crippen molar-refractivity contribution in [2.45, 2.75) is 10.8 Å². The molecule has 0 N–H and O–H groups in total. The maximum Gasteiger partial charge on any atom is 0.0720 e. The third-order valence-electron chi connectivity index (χ3n) is 16.5. The van der Waals surface area contributed by atoms with Gasteiger partial charge in [0, 0.05) is 34.1 Å². The van der Waals surface area contributed by atoms with Gasteiger partial charge >= 0.3 is 0 Å². The van der Waals surface area contributed by atoms with Crippen molar-refractivity contribution in [3.63, 3.8) is 0 Å². The van der Waals surface area contributed by atoms with Crippen LogP contribution >= 0.6 is 0 Å². The number of benzene rings is 12. The summed E-state index contributed by atoms with van der Waals surface area (Å²) in [4.78, 5) is 4.72. The van der Waals surface area contributed by atoms with Crippen molar-refractivity contribution in [3.8, 4) is 44.5 Å². The highest BCUT2D eigenvalue weighted by atomic mass is 15.1. The van der Waals surface area contributed by atoms with Crippen LogP contribution in [0.15, 0.2) is 303 Å². The van der Waals surface area contributed by atoms with Gasteiger partial charge in [-0.25, -0.2) is 0 Å². The molecule has 2 heteroatoms. The molecule has 12 aromatic rings. The molecule has 0 aliphatic heterocycles. The highest BCUT2D eigenvalue weighted by molar-refractivity contribution is 5.96. The summed E-state index contributed by atoms with van der Waals surface area (Å²) in [5, 5.41) is 0. The third-order valence-corrected chi connectivity index (χ3v) is 16.5. The highest BCUT2D eigenvalue weighted by Crippen LogP contribution is 2.67. The van der Waals surface area contributed by atoms with Gasteiger partial charge in [0.05, 0.1) is 10.8 Å². The van der Waals surface area contributed by atoms with Crippen LogP contribution in [0.4, 0.5) is 34.1 Å². The molecule has 0 atom stereocenters. The molecule has 76 heavy (non-hydrogen) atoms. The van der Waals surface area contributed by atoms with Crippen LogP contribution in [0.2, 0.25) is 0 Å². The van der Waals surface area contributed by atoms with E-state index in [0.29, 0.717) is 0 Å². The molecule has 0 saturated carbocycles. The molecule has 0 radical (unpaired) electrons. The van der Waals surface area contributed by atoms with Crippen molar-refractivity contribution < 1.29 is 0 Å². The van der Waals surface area contributed by atoms with Crippen molar-refractivity contribution in [2.24, 2.45) is 0 Å². The zero-order valence-corrected chi connectivity index (χ0v) is 41.8. The van der Waals surface area contributed by atoms with Gasteiger partial charge in [-0.2, -0.15) is 0 Å². The van der Waals surface area contributed by atoms with Crippen molar-refractivity contribution in [2.75, 3.05) is 9.80 Å². The third kappa shape index (κ3) is 6.34. The second kappa shape index (κ2) is 17.4. The van der Waals surface area contributed by atoms with Crippen LogP contribution in [-0.4, -0.2) is 0 Å². The zero-order valence-electron chi connectivity index (χ0n) is 41.8. The van der Waals surface area contributed by atoms with Crippen molar-refractivity contribution in [1.82, 2.24) is 0 Å². The zero-order chi connectivity index (χ0) is 50.2. The van der Waals surface area contributed by atoms with E-state index in [1.807, 2.05) is 0 Å². The molecule has 15 rings (SSSR count). The predicted octanol–water partition coefficient (Wildman–Crippen LogP) is 19.0. The lowest BCUT2D eigenvalue weighted by molar-refractivity contribution is 0.633. The van der Waals surface area contributed by atoms with Crippen LogP contribution in [0, 0.1) is 0 Å². The Kier molecular flexibility index (Phi) is 10.0. The first-order valence-electron chi connectivity index (χ1n) is 26.4. The summed E-state index contributed by atoms with van der Waals surface area (Å²) >= 11 is 0. The second-order valence-electron chi connectivity index (χ2n) is 20.3. The molecule has 3 aliphatic carbocycles. The Morgan fingerprint density at radius 1 is 0.171 bits per heavy atom. The molecule has 0 fully saturated rings. The molecule has 12 aromatic carbocycles. The lowest BCUT2D eigenvalue weighted by atomic mass is 9.52. The Hall–Kier alpha value is -9.76. The topological polar surface area (TPSA) is 6.48 Å². The SMILES string of the molecule is c1ccc(N(c2ccccc2)c2ccc(-c3ccc(N(c4ccccc4)c4ccccc4)cc3-c3ccc4c(c3)C3(c5ccccc5-c5ccccc53)c3ccccc3C43c4ccccc4-c4ccccc43)cc2)cc1. The van der Waals surface area contributed by atoms with Gasteiger partial charge < -0.3 is 9.80 Å². The average molecular weight is 967 g/mol. The largest absolute Gasteiger partial charge is 0.311 e. The minimum atomic E-state index is -0.620. The lowest BCUT2D eigenvalue weighted by Gasteiger charge is -2.49. The maximum absolute atomic E-state index is 2.59. The summed E-state index contributed by atoms with van der Waals surface area (Å²) in [6.07, 6.45) is 0. The van der Waals surface area contributed by atoms with Gasteiger partial charge in [0.15, 0.2) is 0 Å².